The zero-order valence-corrected chi connectivity index (χ0v) is 16.9. The zero-order chi connectivity index (χ0) is 19.5. The molecular formula is C18H27NO6Si. The van der Waals surface area contributed by atoms with E-state index in [1.807, 2.05) is 0 Å². The van der Waals surface area contributed by atoms with Gasteiger partial charge in [-0.15, -0.1) is 0 Å². The van der Waals surface area contributed by atoms with Crippen LogP contribution in [0, 0.1) is 0 Å². The zero-order valence-electron chi connectivity index (χ0n) is 15.9. The van der Waals surface area contributed by atoms with Gasteiger partial charge in [-0.25, -0.2) is 4.79 Å². The standard InChI is InChI=1S/C18H27NO6Si/c1-18(2,3)26(4,5)25-11-13(19-17(21)22)16(20)12-6-7-14-15(10-12)24-9-8-23-14/h6-7,10,13,19H,8-9,11H2,1-5H3,(H,21,22). The maximum Gasteiger partial charge on any atom is 0.405 e. The van der Waals surface area contributed by atoms with Crippen molar-refractivity contribution in [2.24, 2.45) is 0 Å². The smallest absolute Gasteiger partial charge is 0.405 e. The lowest BCUT2D eigenvalue weighted by molar-refractivity contribution is 0.0893. The number of hydrogen-bond donors (Lipinski definition) is 2. The van der Waals surface area contributed by atoms with Crippen LogP contribution in [-0.4, -0.2) is 51.2 Å². The molecular weight excluding hydrogens is 354 g/mol. The summed E-state index contributed by atoms with van der Waals surface area (Å²) in [5, 5.41) is 11.3. The van der Waals surface area contributed by atoms with E-state index < -0.39 is 20.5 Å². The number of benzene rings is 1. The van der Waals surface area contributed by atoms with Crippen LogP contribution in [0.2, 0.25) is 18.1 Å². The van der Waals surface area contributed by atoms with E-state index in [1.165, 1.54) is 0 Å². The molecule has 1 unspecified atom stereocenters. The molecule has 0 saturated carbocycles. The van der Waals surface area contributed by atoms with Crippen LogP contribution in [0.1, 0.15) is 31.1 Å². The van der Waals surface area contributed by atoms with Gasteiger partial charge in [-0.05, 0) is 36.3 Å². The van der Waals surface area contributed by atoms with Crippen LogP contribution in [0.3, 0.4) is 0 Å². The molecule has 1 amide bonds. The van der Waals surface area contributed by atoms with Crippen LogP contribution < -0.4 is 14.8 Å². The number of carbonyl (C=O) groups excluding carboxylic acids is 1. The average Bonchev–Trinajstić information content (AvgIpc) is 2.56. The molecule has 2 rings (SSSR count). The monoisotopic (exact) mass is 381 g/mol. The lowest BCUT2D eigenvalue weighted by Gasteiger charge is -2.37. The molecule has 1 aromatic carbocycles. The van der Waals surface area contributed by atoms with Crippen LogP contribution in [-0.2, 0) is 4.43 Å². The van der Waals surface area contributed by atoms with Gasteiger partial charge in [-0.2, -0.15) is 0 Å². The number of ketones is 1. The fourth-order valence-corrected chi connectivity index (χ4v) is 3.25. The van der Waals surface area contributed by atoms with Gasteiger partial charge in [-0.3, -0.25) is 4.79 Å². The third-order valence-corrected chi connectivity index (χ3v) is 9.36. The second kappa shape index (κ2) is 7.67. The fraction of sp³-hybridized carbons (Fsp3) is 0.556. The number of amides is 1. The lowest BCUT2D eigenvalue weighted by atomic mass is 10.0. The number of ether oxygens (including phenoxy) is 2. The van der Waals surface area contributed by atoms with Gasteiger partial charge in [0.05, 0.1) is 6.61 Å². The van der Waals surface area contributed by atoms with E-state index in [2.05, 4.69) is 39.2 Å². The molecule has 144 valence electrons. The van der Waals surface area contributed by atoms with Crippen molar-refractivity contribution in [3.8, 4) is 11.5 Å². The average molecular weight is 382 g/mol. The number of rotatable bonds is 6. The van der Waals surface area contributed by atoms with Crippen LogP contribution >= 0.6 is 0 Å². The molecule has 0 fully saturated rings. The Kier molecular flexibility index (Phi) is 5.97. The van der Waals surface area contributed by atoms with E-state index in [0.717, 1.165) is 0 Å². The minimum Gasteiger partial charge on any atom is -0.486 e. The van der Waals surface area contributed by atoms with Crippen molar-refractivity contribution >= 4 is 20.2 Å². The first-order chi connectivity index (χ1) is 12.0. The van der Waals surface area contributed by atoms with Crippen molar-refractivity contribution in [2.45, 2.75) is 44.9 Å². The predicted molar refractivity (Wildman–Crippen MR) is 99.9 cm³/mol. The molecule has 1 aromatic rings. The Morgan fingerprint density at radius 1 is 1.23 bits per heavy atom. The molecule has 0 aliphatic carbocycles. The van der Waals surface area contributed by atoms with Crippen LogP contribution in [0.4, 0.5) is 4.79 Å². The number of hydrogen-bond acceptors (Lipinski definition) is 5. The first-order valence-corrected chi connectivity index (χ1v) is 11.5. The van der Waals surface area contributed by atoms with Gasteiger partial charge in [0, 0.05) is 5.56 Å². The van der Waals surface area contributed by atoms with Crippen molar-refractivity contribution in [1.29, 1.82) is 0 Å². The van der Waals surface area contributed by atoms with Crippen LogP contribution in [0.5, 0.6) is 11.5 Å². The lowest BCUT2D eigenvalue weighted by Crippen LogP contribution is -2.49. The van der Waals surface area contributed by atoms with E-state index in [-0.39, 0.29) is 17.4 Å². The Hall–Kier alpha value is -2.06. The number of fused-ring (bicyclic) bond motifs is 1. The van der Waals surface area contributed by atoms with Crippen molar-refractivity contribution < 1.29 is 28.6 Å². The summed E-state index contributed by atoms with van der Waals surface area (Å²) in [4.78, 5) is 24.0. The molecule has 1 aliphatic rings. The summed E-state index contributed by atoms with van der Waals surface area (Å²) in [6.07, 6.45) is -1.26. The van der Waals surface area contributed by atoms with E-state index in [9.17, 15) is 9.59 Å². The molecule has 2 N–H and O–H groups in total. The Balaban J connectivity index is 2.18. The fourth-order valence-electron chi connectivity index (χ4n) is 2.24. The first kappa shape index (κ1) is 20.3. The molecule has 0 aromatic heterocycles. The van der Waals surface area contributed by atoms with E-state index >= 15 is 0 Å². The summed E-state index contributed by atoms with van der Waals surface area (Å²) in [6.45, 7) is 11.2. The molecule has 7 nitrogen and oxygen atoms in total. The van der Waals surface area contributed by atoms with Crippen LogP contribution in [0.25, 0.3) is 0 Å². The minimum absolute atomic E-state index is 0.00390. The van der Waals surface area contributed by atoms with Gasteiger partial charge >= 0.3 is 6.09 Å². The van der Waals surface area contributed by atoms with Gasteiger partial charge in [0.15, 0.2) is 25.6 Å². The topological polar surface area (TPSA) is 94.1 Å². The third-order valence-electron chi connectivity index (χ3n) is 4.86. The third kappa shape index (κ3) is 4.76. The van der Waals surface area contributed by atoms with E-state index in [0.29, 0.717) is 30.3 Å². The predicted octanol–water partition coefficient (Wildman–Crippen LogP) is 3.30. The second-order valence-electron chi connectivity index (χ2n) is 7.80. The number of Topliss-reactive ketones (excluding diaryl/α,β-unsaturated/α-hetero) is 1. The molecule has 0 bridgehead atoms. The molecule has 0 radical (unpaired) electrons. The molecule has 0 saturated heterocycles. The minimum atomic E-state index is -2.12. The van der Waals surface area contributed by atoms with Gasteiger partial charge in [0.1, 0.15) is 19.3 Å². The Labute approximate surface area is 154 Å². The molecule has 8 heteroatoms. The van der Waals surface area contributed by atoms with Crippen molar-refractivity contribution in [1.82, 2.24) is 5.32 Å². The summed E-state index contributed by atoms with van der Waals surface area (Å²) >= 11 is 0. The number of carboxylic acid groups (broad SMARTS) is 1. The maximum atomic E-state index is 12.8. The normalized spacial score (nSPS) is 15.3. The summed E-state index contributed by atoms with van der Waals surface area (Å²) in [5.41, 5.74) is 0.354. The number of carbonyl (C=O) groups is 2. The Morgan fingerprint density at radius 3 is 2.42 bits per heavy atom. The molecule has 1 atom stereocenters. The van der Waals surface area contributed by atoms with Crippen molar-refractivity contribution in [2.75, 3.05) is 19.8 Å². The highest BCUT2D eigenvalue weighted by Crippen LogP contribution is 2.36. The summed E-state index contributed by atoms with van der Waals surface area (Å²) in [7, 11) is -2.12. The van der Waals surface area contributed by atoms with Gasteiger partial charge in [0.2, 0.25) is 0 Å². The molecule has 1 aliphatic heterocycles. The summed E-state index contributed by atoms with van der Waals surface area (Å²) in [5.74, 6) is 0.706. The van der Waals surface area contributed by atoms with Crippen LogP contribution in [0.15, 0.2) is 18.2 Å². The van der Waals surface area contributed by atoms with Gasteiger partial charge < -0.3 is 24.3 Å². The molecule has 26 heavy (non-hydrogen) atoms. The highest BCUT2D eigenvalue weighted by Gasteiger charge is 2.38. The summed E-state index contributed by atoms with van der Waals surface area (Å²) < 4.78 is 17.0. The SMILES string of the molecule is CC(C)(C)[Si](C)(C)OCC(NC(=O)O)C(=O)c1ccc2c(c1)OCCO2. The van der Waals surface area contributed by atoms with Crippen molar-refractivity contribution in [3.63, 3.8) is 0 Å². The van der Waals surface area contributed by atoms with E-state index in [4.69, 9.17) is 19.0 Å². The second-order valence-corrected chi connectivity index (χ2v) is 12.6. The Morgan fingerprint density at radius 2 is 1.85 bits per heavy atom. The Bertz CT molecular complexity index is 683. The molecule has 1 heterocycles. The summed E-state index contributed by atoms with van der Waals surface area (Å²) in [6, 6.07) is 3.87. The van der Waals surface area contributed by atoms with Gasteiger partial charge in [-0.1, -0.05) is 20.8 Å². The first-order valence-electron chi connectivity index (χ1n) is 8.58. The van der Waals surface area contributed by atoms with E-state index in [1.54, 1.807) is 18.2 Å². The molecule has 0 spiro atoms. The largest absolute Gasteiger partial charge is 0.486 e. The quantitative estimate of drug-likeness (QED) is 0.580. The highest BCUT2D eigenvalue weighted by atomic mass is 28.4. The van der Waals surface area contributed by atoms with Crippen molar-refractivity contribution in [3.05, 3.63) is 23.8 Å². The van der Waals surface area contributed by atoms with Gasteiger partial charge in [0.25, 0.3) is 0 Å². The number of nitrogens with one attached hydrogen (secondary N) is 1. The maximum absolute atomic E-state index is 12.8. The highest BCUT2D eigenvalue weighted by molar-refractivity contribution is 6.74.